The molecule has 15 heavy (non-hydrogen) atoms. The molecule has 1 N–H and O–H groups in total. The lowest BCUT2D eigenvalue weighted by molar-refractivity contribution is 0.171. The zero-order chi connectivity index (χ0) is 10.7. The topological polar surface area (TPSA) is 33.6 Å². The lowest BCUT2D eigenvalue weighted by Crippen LogP contribution is -2.24. The van der Waals surface area contributed by atoms with Crippen molar-refractivity contribution < 1.29 is 4.74 Å². The predicted molar refractivity (Wildman–Crippen MR) is 68.6 cm³/mol. The zero-order valence-corrected chi connectivity index (χ0v) is 11.1. The van der Waals surface area contributed by atoms with E-state index in [1.807, 2.05) is 18.2 Å². The van der Waals surface area contributed by atoms with Gasteiger partial charge in [-0.05, 0) is 34.1 Å². The van der Waals surface area contributed by atoms with Gasteiger partial charge in [-0.25, -0.2) is 0 Å². The van der Waals surface area contributed by atoms with Gasteiger partial charge in [-0.3, -0.25) is 4.99 Å². The van der Waals surface area contributed by atoms with Crippen LogP contribution in [0.3, 0.4) is 0 Å². The van der Waals surface area contributed by atoms with Crippen molar-refractivity contribution in [1.29, 1.82) is 0 Å². The van der Waals surface area contributed by atoms with E-state index in [1.54, 1.807) is 0 Å². The van der Waals surface area contributed by atoms with Crippen LogP contribution in [0.5, 0.6) is 0 Å². The molecule has 1 aliphatic heterocycles. The number of aliphatic imine (C=N–C) groups is 1. The van der Waals surface area contributed by atoms with Crippen LogP contribution in [0.15, 0.2) is 32.1 Å². The van der Waals surface area contributed by atoms with E-state index >= 15 is 0 Å². The van der Waals surface area contributed by atoms with Crippen LogP contribution < -0.4 is 5.32 Å². The summed E-state index contributed by atoms with van der Waals surface area (Å²) in [5.74, 6) is 0.879. The molecule has 0 saturated carbocycles. The van der Waals surface area contributed by atoms with Crippen LogP contribution in [0.4, 0.5) is 5.69 Å². The third-order valence-electron chi connectivity index (χ3n) is 1.99. The first-order valence-corrected chi connectivity index (χ1v) is 6.17. The Morgan fingerprint density at radius 3 is 2.87 bits per heavy atom. The molecule has 0 fully saturated rings. The number of halogens is 2. The normalized spacial score (nSPS) is 16.0. The van der Waals surface area contributed by atoms with E-state index in [9.17, 15) is 0 Å². The molecule has 0 amide bonds. The van der Waals surface area contributed by atoms with E-state index < -0.39 is 0 Å². The largest absolute Gasteiger partial charge is 0.372 e. The molecule has 0 unspecified atom stereocenters. The van der Waals surface area contributed by atoms with E-state index in [0.717, 1.165) is 27.0 Å². The van der Waals surface area contributed by atoms with Crippen LogP contribution in [-0.2, 0) is 4.74 Å². The predicted octanol–water partition coefficient (Wildman–Crippen LogP) is 3.05. The van der Waals surface area contributed by atoms with Gasteiger partial charge in [0.15, 0.2) is 0 Å². The molecule has 0 bridgehead atoms. The quantitative estimate of drug-likeness (QED) is 0.857. The number of nitrogens with zero attached hydrogens (tertiary/aromatic N) is 1. The maximum absolute atomic E-state index is 5.30. The number of anilines is 1. The Balaban J connectivity index is 2.13. The molecule has 2 rings (SSSR count). The summed E-state index contributed by atoms with van der Waals surface area (Å²) >= 11 is 6.89. The molecule has 3 nitrogen and oxygen atoms in total. The lowest BCUT2D eigenvalue weighted by atomic mass is 10.3. The summed E-state index contributed by atoms with van der Waals surface area (Å²) in [5.41, 5.74) is 1.00. The average molecular weight is 334 g/mol. The Morgan fingerprint density at radius 2 is 2.20 bits per heavy atom. The third-order valence-corrected chi connectivity index (χ3v) is 3.14. The molecule has 0 spiro atoms. The van der Waals surface area contributed by atoms with Crippen molar-refractivity contribution in [1.82, 2.24) is 0 Å². The summed E-state index contributed by atoms with van der Waals surface area (Å²) < 4.78 is 7.35. The van der Waals surface area contributed by atoms with Gasteiger partial charge < -0.3 is 10.1 Å². The van der Waals surface area contributed by atoms with Crippen LogP contribution in [-0.4, -0.2) is 25.6 Å². The molecule has 0 aliphatic carbocycles. The van der Waals surface area contributed by atoms with Gasteiger partial charge in [0.25, 0.3) is 0 Å². The van der Waals surface area contributed by atoms with Crippen molar-refractivity contribution in [2.24, 2.45) is 4.99 Å². The van der Waals surface area contributed by atoms with Crippen molar-refractivity contribution in [2.75, 3.05) is 25.1 Å². The molecule has 1 aliphatic rings. The summed E-state index contributed by atoms with van der Waals surface area (Å²) in [6.45, 7) is 2.01. The second kappa shape index (κ2) is 5.09. The third kappa shape index (κ3) is 3.03. The SMILES string of the molecule is Brc1ccc(NC2=NCCOC2)c(Br)c1. The van der Waals surface area contributed by atoms with Crippen LogP contribution >= 0.6 is 31.9 Å². The number of amidine groups is 1. The van der Waals surface area contributed by atoms with Crippen LogP contribution in [0.25, 0.3) is 0 Å². The van der Waals surface area contributed by atoms with Gasteiger partial charge in [0.2, 0.25) is 0 Å². The minimum atomic E-state index is 0.558. The zero-order valence-electron chi connectivity index (χ0n) is 7.96. The second-order valence-electron chi connectivity index (χ2n) is 3.13. The van der Waals surface area contributed by atoms with E-state index in [0.29, 0.717) is 13.2 Å². The van der Waals surface area contributed by atoms with Crippen molar-refractivity contribution in [2.45, 2.75) is 0 Å². The van der Waals surface area contributed by atoms with Crippen molar-refractivity contribution in [3.63, 3.8) is 0 Å². The highest BCUT2D eigenvalue weighted by Gasteiger charge is 2.07. The van der Waals surface area contributed by atoms with Crippen molar-refractivity contribution >= 4 is 43.4 Å². The first-order chi connectivity index (χ1) is 7.25. The molecule has 5 heteroatoms. The van der Waals surface area contributed by atoms with Crippen LogP contribution in [0.2, 0.25) is 0 Å². The summed E-state index contributed by atoms with van der Waals surface area (Å²) in [6, 6.07) is 5.97. The van der Waals surface area contributed by atoms with Gasteiger partial charge in [0, 0.05) is 8.95 Å². The molecular weight excluding hydrogens is 324 g/mol. The summed E-state index contributed by atoms with van der Waals surface area (Å²) in [7, 11) is 0. The number of rotatable bonds is 1. The fourth-order valence-electron chi connectivity index (χ4n) is 1.28. The van der Waals surface area contributed by atoms with Crippen molar-refractivity contribution in [3.05, 3.63) is 27.1 Å². The summed E-state index contributed by atoms with van der Waals surface area (Å²) in [6.07, 6.45) is 0. The second-order valence-corrected chi connectivity index (χ2v) is 4.90. The highest BCUT2D eigenvalue weighted by atomic mass is 79.9. The van der Waals surface area contributed by atoms with Gasteiger partial charge >= 0.3 is 0 Å². The van der Waals surface area contributed by atoms with Crippen LogP contribution in [0.1, 0.15) is 0 Å². The van der Waals surface area contributed by atoms with Gasteiger partial charge in [-0.1, -0.05) is 15.9 Å². The molecule has 0 saturated heterocycles. The standard InChI is InChI=1S/C10H10Br2N2O/c11-7-1-2-9(8(12)5-7)14-10-6-15-4-3-13-10/h1-2,5H,3-4,6H2,(H,13,14). The number of ether oxygens (including phenoxy) is 1. The smallest absolute Gasteiger partial charge is 0.127 e. The fourth-order valence-corrected chi connectivity index (χ4v) is 2.43. The minimum absolute atomic E-state index is 0.558. The number of benzene rings is 1. The van der Waals surface area contributed by atoms with Crippen LogP contribution in [0, 0.1) is 0 Å². The Labute approximate surface area is 105 Å². The van der Waals surface area contributed by atoms with Gasteiger partial charge in [-0.15, -0.1) is 0 Å². The summed E-state index contributed by atoms with van der Waals surface area (Å²) in [4.78, 5) is 4.34. The molecule has 0 aromatic heterocycles. The van der Waals surface area contributed by atoms with Gasteiger partial charge in [0.1, 0.15) is 12.4 Å². The average Bonchev–Trinajstić information content (AvgIpc) is 2.24. The maximum Gasteiger partial charge on any atom is 0.127 e. The number of hydrogen-bond acceptors (Lipinski definition) is 3. The molecule has 0 atom stereocenters. The maximum atomic E-state index is 5.30. The Morgan fingerprint density at radius 1 is 1.33 bits per heavy atom. The highest BCUT2D eigenvalue weighted by molar-refractivity contribution is 9.11. The first-order valence-electron chi connectivity index (χ1n) is 4.59. The lowest BCUT2D eigenvalue weighted by Gasteiger charge is -2.15. The summed E-state index contributed by atoms with van der Waals surface area (Å²) in [5, 5.41) is 3.23. The van der Waals surface area contributed by atoms with Gasteiger partial charge in [0.05, 0.1) is 18.8 Å². The fraction of sp³-hybridized carbons (Fsp3) is 0.300. The van der Waals surface area contributed by atoms with E-state index in [4.69, 9.17) is 4.74 Å². The molecule has 0 radical (unpaired) electrons. The monoisotopic (exact) mass is 332 g/mol. The molecule has 80 valence electrons. The molecule has 1 heterocycles. The molecular formula is C10H10Br2N2O. The van der Waals surface area contributed by atoms with Gasteiger partial charge in [-0.2, -0.15) is 0 Å². The first kappa shape index (κ1) is 11.1. The Bertz CT molecular complexity index is 393. The van der Waals surface area contributed by atoms with E-state index in [2.05, 4.69) is 42.2 Å². The number of hydrogen-bond donors (Lipinski definition) is 1. The van der Waals surface area contributed by atoms with E-state index in [-0.39, 0.29) is 0 Å². The number of nitrogens with one attached hydrogen (secondary N) is 1. The Hall–Kier alpha value is -0.390. The van der Waals surface area contributed by atoms with E-state index in [1.165, 1.54) is 0 Å². The Kier molecular flexibility index (Phi) is 3.77. The minimum Gasteiger partial charge on any atom is -0.372 e. The molecule has 1 aromatic rings. The molecule has 1 aromatic carbocycles. The van der Waals surface area contributed by atoms with Crippen molar-refractivity contribution in [3.8, 4) is 0 Å². The highest BCUT2D eigenvalue weighted by Crippen LogP contribution is 2.26.